The molecule has 29 heavy (non-hydrogen) atoms. The van der Waals surface area contributed by atoms with E-state index in [-0.39, 0.29) is 24.5 Å². The highest BCUT2D eigenvalue weighted by Crippen LogP contribution is 2.41. The van der Waals surface area contributed by atoms with E-state index in [1.165, 1.54) is 0 Å². The van der Waals surface area contributed by atoms with Gasteiger partial charge in [-0.1, -0.05) is 24.3 Å². The Balaban J connectivity index is 1.51. The molecular formula is C19H17N3O5S2. The van der Waals surface area contributed by atoms with Crippen molar-refractivity contribution >= 4 is 54.8 Å². The monoisotopic (exact) mass is 431 g/mol. The van der Waals surface area contributed by atoms with Gasteiger partial charge in [0, 0.05) is 10.8 Å². The molecule has 0 radical (unpaired) electrons. The number of benzene rings is 2. The lowest BCUT2D eigenvalue weighted by atomic mass is 10.1. The molecule has 2 aromatic carbocycles. The Labute approximate surface area is 171 Å². The van der Waals surface area contributed by atoms with Crippen molar-refractivity contribution in [3.8, 4) is 0 Å². The van der Waals surface area contributed by atoms with Crippen molar-refractivity contribution in [2.75, 3.05) is 22.8 Å². The van der Waals surface area contributed by atoms with E-state index in [1.54, 1.807) is 36.6 Å². The van der Waals surface area contributed by atoms with E-state index >= 15 is 0 Å². The zero-order valence-corrected chi connectivity index (χ0v) is 17.0. The van der Waals surface area contributed by atoms with Crippen LogP contribution in [0.25, 0.3) is 10.8 Å². The van der Waals surface area contributed by atoms with Crippen molar-refractivity contribution in [3.63, 3.8) is 0 Å². The SMILES string of the molecule is CCOC(=O)Cc1csc(NC(=O)CN2c3cccc4cccc(c34)S2(=O)=O)n1. The molecule has 8 nitrogen and oxygen atoms in total. The van der Waals surface area contributed by atoms with Crippen LogP contribution in [-0.4, -0.2) is 38.4 Å². The molecule has 2 heterocycles. The Morgan fingerprint density at radius 2 is 1.97 bits per heavy atom. The molecule has 1 aromatic heterocycles. The molecule has 0 unspecified atom stereocenters. The molecule has 0 fully saturated rings. The van der Waals surface area contributed by atoms with E-state index in [0.717, 1.165) is 21.0 Å². The van der Waals surface area contributed by atoms with E-state index in [4.69, 9.17) is 4.74 Å². The minimum atomic E-state index is -3.81. The molecule has 0 spiro atoms. The molecule has 1 amide bonds. The Hall–Kier alpha value is -2.98. The number of nitrogens with one attached hydrogen (secondary N) is 1. The van der Waals surface area contributed by atoms with Crippen LogP contribution in [-0.2, 0) is 30.8 Å². The first-order valence-electron chi connectivity index (χ1n) is 8.84. The molecule has 10 heteroatoms. The van der Waals surface area contributed by atoms with Crippen molar-refractivity contribution < 1.29 is 22.7 Å². The van der Waals surface area contributed by atoms with Gasteiger partial charge in [-0.2, -0.15) is 0 Å². The van der Waals surface area contributed by atoms with E-state index in [9.17, 15) is 18.0 Å². The second-order valence-electron chi connectivity index (χ2n) is 6.32. The topological polar surface area (TPSA) is 106 Å². The fourth-order valence-electron chi connectivity index (χ4n) is 3.22. The third-order valence-electron chi connectivity index (χ3n) is 4.40. The van der Waals surface area contributed by atoms with Gasteiger partial charge in [0.25, 0.3) is 10.0 Å². The van der Waals surface area contributed by atoms with Gasteiger partial charge in [-0.05, 0) is 24.4 Å². The van der Waals surface area contributed by atoms with Crippen LogP contribution in [0.1, 0.15) is 12.6 Å². The molecule has 3 aromatic rings. The van der Waals surface area contributed by atoms with Crippen molar-refractivity contribution in [1.82, 2.24) is 4.98 Å². The zero-order chi connectivity index (χ0) is 20.6. The largest absolute Gasteiger partial charge is 0.466 e. The van der Waals surface area contributed by atoms with Crippen molar-refractivity contribution in [3.05, 3.63) is 47.5 Å². The van der Waals surface area contributed by atoms with Crippen LogP contribution < -0.4 is 9.62 Å². The Morgan fingerprint density at radius 1 is 1.21 bits per heavy atom. The number of anilines is 2. The van der Waals surface area contributed by atoms with Crippen LogP contribution in [0.3, 0.4) is 0 Å². The van der Waals surface area contributed by atoms with Crippen LogP contribution in [0.4, 0.5) is 10.8 Å². The quantitative estimate of drug-likeness (QED) is 0.602. The van der Waals surface area contributed by atoms with Gasteiger partial charge in [0.2, 0.25) is 5.91 Å². The number of rotatable bonds is 6. The molecule has 0 saturated heterocycles. The summed E-state index contributed by atoms with van der Waals surface area (Å²) in [5.41, 5.74) is 0.963. The first-order valence-corrected chi connectivity index (χ1v) is 11.2. The summed E-state index contributed by atoms with van der Waals surface area (Å²) in [6, 6.07) is 10.3. The van der Waals surface area contributed by atoms with E-state index in [0.29, 0.717) is 21.9 Å². The fraction of sp³-hybridized carbons (Fsp3) is 0.211. The molecule has 0 atom stereocenters. The van der Waals surface area contributed by atoms with Crippen molar-refractivity contribution in [2.24, 2.45) is 0 Å². The molecule has 0 bridgehead atoms. The van der Waals surface area contributed by atoms with E-state index in [1.807, 2.05) is 12.1 Å². The number of sulfonamides is 1. The van der Waals surface area contributed by atoms with Gasteiger partial charge in [0.05, 0.1) is 29.3 Å². The molecule has 1 aliphatic heterocycles. The summed E-state index contributed by atoms with van der Waals surface area (Å²) in [6.07, 6.45) is 0.0119. The summed E-state index contributed by atoms with van der Waals surface area (Å²) in [7, 11) is -3.81. The number of carbonyl (C=O) groups is 2. The number of amides is 1. The average molecular weight is 431 g/mol. The Morgan fingerprint density at radius 3 is 2.72 bits per heavy atom. The lowest BCUT2D eigenvalue weighted by Crippen LogP contribution is -2.35. The lowest BCUT2D eigenvalue weighted by Gasteiger charge is -2.17. The predicted octanol–water partition coefficient (Wildman–Crippen LogP) is 2.55. The highest BCUT2D eigenvalue weighted by atomic mass is 32.2. The summed E-state index contributed by atoms with van der Waals surface area (Å²) < 4.78 is 31.8. The minimum absolute atomic E-state index is 0.0119. The number of nitrogens with zero attached hydrogens (tertiary/aromatic N) is 2. The Bertz CT molecular complexity index is 1210. The molecule has 0 saturated carbocycles. The molecule has 1 N–H and O–H groups in total. The summed E-state index contributed by atoms with van der Waals surface area (Å²) in [5, 5.41) is 5.96. The second kappa shape index (κ2) is 7.45. The first-order chi connectivity index (χ1) is 13.9. The van der Waals surface area contributed by atoms with Gasteiger partial charge in [-0.25, -0.2) is 13.4 Å². The summed E-state index contributed by atoms with van der Waals surface area (Å²) in [6.45, 7) is 1.63. The molecule has 1 aliphatic rings. The fourth-order valence-corrected chi connectivity index (χ4v) is 5.62. The predicted molar refractivity (Wildman–Crippen MR) is 110 cm³/mol. The van der Waals surface area contributed by atoms with Gasteiger partial charge in [0.15, 0.2) is 5.13 Å². The number of hydrogen-bond donors (Lipinski definition) is 1. The molecule has 150 valence electrons. The zero-order valence-electron chi connectivity index (χ0n) is 15.4. The van der Waals surface area contributed by atoms with E-state index < -0.39 is 21.9 Å². The van der Waals surface area contributed by atoms with E-state index in [2.05, 4.69) is 10.3 Å². The summed E-state index contributed by atoms with van der Waals surface area (Å²) in [4.78, 5) is 28.4. The maximum absolute atomic E-state index is 12.9. The number of thiazole rings is 1. The number of aromatic nitrogens is 1. The highest BCUT2D eigenvalue weighted by Gasteiger charge is 2.36. The standard InChI is InChI=1S/C19H17N3O5S2/c1-2-27-17(24)9-13-11-28-19(20-13)21-16(23)10-22-14-7-3-5-12-6-4-8-15(18(12)14)29(22,25)26/h3-8,11H,2,9-10H2,1H3,(H,20,21,23). The van der Waals surface area contributed by atoms with Gasteiger partial charge in [-0.3, -0.25) is 13.9 Å². The van der Waals surface area contributed by atoms with Gasteiger partial charge >= 0.3 is 5.97 Å². The highest BCUT2D eigenvalue weighted by molar-refractivity contribution is 7.93. The number of hydrogen-bond acceptors (Lipinski definition) is 7. The second-order valence-corrected chi connectivity index (χ2v) is 9.01. The molecule has 4 rings (SSSR count). The third-order valence-corrected chi connectivity index (χ3v) is 7.01. The van der Waals surface area contributed by atoms with Crippen molar-refractivity contribution in [1.29, 1.82) is 0 Å². The summed E-state index contributed by atoms with van der Waals surface area (Å²) >= 11 is 1.16. The lowest BCUT2D eigenvalue weighted by molar-refractivity contribution is -0.142. The number of carbonyl (C=O) groups excluding carboxylic acids is 2. The van der Waals surface area contributed by atoms with Gasteiger partial charge in [-0.15, -0.1) is 11.3 Å². The van der Waals surface area contributed by atoms with Crippen LogP contribution in [0.15, 0.2) is 46.7 Å². The number of ether oxygens (including phenoxy) is 1. The molecular weight excluding hydrogens is 414 g/mol. The van der Waals surface area contributed by atoms with Crippen LogP contribution in [0.5, 0.6) is 0 Å². The normalized spacial score (nSPS) is 14.2. The maximum Gasteiger partial charge on any atom is 0.311 e. The van der Waals surface area contributed by atoms with Crippen LogP contribution in [0, 0.1) is 0 Å². The van der Waals surface area contributed by atoms with Crippen molar-refractivity contribution in [2.45, 2.75) is 18.2 Å². The maximum atomic E-state index is 12.9. The minimum Gasteiger partial charge on any atom is -0.466 e. The Kier molecular flexibility index (Phi) is 4.97. The average Bonchev–Trinajstić information content (AvgIpc) is 3.19. The van der Waals surface area contributed by atoms with Crippen LogP contribution in [0.2, 0.25) is 0 Å². The first kappa shape index (κ1) is 19.3. The van der Waals surface area contributed by atoms with Gasteiger partial charge < -0.3 is 10.1 Å². The smallest absolute Gasteiger partial charge is 0.311 e. The molecule has 0 aliphatic carbocycles. The van der Waals surface area contributed by atoms with Crippen LogP contribution >= 0.6 is 11.3 Å². The van der Waals surface area contributed by atoms with Gasteiger partial charge in [0.1, 0.15) is 6.54 Å². The summed E-state index contributed by atoms with van der Waals surface area (Å²) in [5.74, 6) is -0.917. The number of esters is 1. The third kappa shape index (κ3) is 3.56.